The number of nitrogens with zero attached hydrogens (tertiary/aromatic N) is 1. The number of phenolic OH excluding ortho intramolecular Hbond substituents is 1. The molecule has 0 aliphatic heterocycles. The summed E-state index contributed by atoms with van der Waals surface area (Å²) < 4.78 is 0. The molecule has 0 fully saturated rings. The lowest BCUT2D eigenvalue weighted by Gasteiger charge is -2.06. The van der Waals surface area contributed by atoms with Gasteiger partial charge >= 0.3 is 0 Å². The first-order valence-electron chi connectivity index (χ1n) is 4.97. The lowest BCUT2D eigenvalue weighted by atomic mass is 10.2. The molecule has 0 spiro atoms. The smallest absolute Gasteiger partial charge is 0.274 e. The van der Waals surface area contributed by atoms with Crippen molar-refractivity contribution < 1.29 is 9.90 Å². The van der Waals surface area contributed by atoms with Gasteiger partial charge in [-0.1, -0.05) is 12.1 Å². The Morgan fingerprint density at radius 2 is 2.00 bits per heavy atom. The number of benzene rings is 1. The highest BCUT2D eigenvalue weighted by Gasteiger charge is 2.09. The average Bonchev–Trinajstić information content (AvgIpc) is 2.33. The third-order valence-corrected chi connectivity index (χ3v) is 2.17. The van der Waals surface area contributed by atoms with E-state index in [1.165, 1.54) is 18.3 Å². The van der Waals surface area contributed by atoms with Gasteiger partial charge in [0.2, 0.25) is 0 Å². The van der Waals surface area contributed by atoms with Gasteiger partial charge in [0.15, 0.2) is 0 Å². The van der Waals surface area contributed by atoms with Crippen molar-refractivity contribution in [2.24, 2.45) is 0 Å². The van der Waals surface area contributed by atoms with Crippen molar-refractivity contribution in [2.45, 2.75) is 0 Å². The molecule has 1 aromatic carbocycles. The van der Waals surface area contributed by atoms with Gasteiger partial charge in [-0.15, -0.1) is 0 Å². The fourth-order valence-corrected chi connectivity index (χ4v) is 1.31. The molecule has 1 heterocycles. The van der Waals surface area contributed by atoms with E-state index in [1.54, 1.807) is 24.3 Å². The topological polar surface area (TPSA) is 88.2 Å². The van der Waals surface area contributed by atoms with Crippen LogP contribution in [0.25, 0.3) is 0 Å². The predicted octanol–water partition coefficient (Wildman–Crippen LogP) is 1.62. The van der Waals surface area contributed by atoms with E-state index in [4.69, 9.17) is 5.73 Å². The number of para-hydroxylation sites is 2. The van der Waals surface area contributed by atoms with Crippen molar-refractivity contribution in [3.63, 3.8) is 0 Å². The van der Waals surface area contributed by atoms with Crippen LogP contribution in [0.3, 0.4) is 0 Å². The van der Waals surface area contributed by atoms with Crippen LogP contribution in [0, 0.1) is 0 Å². The second-order valence-electron chi connectivity index (χ2n) is 3.45. The molecule has 0 bridgehead atoms. The van der Waals surface area contributed by atoms with Crippen LogP contribution >= 0.6 is 0 Å². The minimum absolute atomic E-state index is 0.0105. The van der Waals surface area contributed by atoms with Gasteiger partial charge in [0.1, 0.15) is 11.4 Å². The number of rotatable bonds is 2. The minimum atomic E-state index is -0.397. The normalized spacial score (nSPS) is 9.88. The summed E-state index contributed by atoms with van der Waals surface area (Å²) in [6, 6.07) is 9.59. The fraction of sp³-hybridized carbons (Fsp3) is 0. The molecule has 5 nitrogen and oxygen atoms in total. The van der Waals surface area contributed by atoms with E-state index in [0.717, 1.165) is 0 Å². The van der Waals surface area contributed by atoms with Gasteiger partial charge in [0.05, 0.1) is 17.6 Å². The van der Waals surface area contributed by atoms with Crippen molar-refractivity contribution in [3.8, 4) is 5.75 Å². The Labute approximate surface area is 97.9 Å². The van der Waals surface area contributed by atoms with E-state index in [-0.39, 0.29) is 11.4 Å². The molecule has 4 N–H and O–H groups in total. The Hall–Kier alpha value is -2.56. The number of amides is 1. The third kappa shape index (κ3) is 2.52. The molecule has 0 aliphatic carbocycles. The maximum Gasteiger partial charge on any atom is 0.274 e. The number of hydrogen-bond acceptors (Lipinski definition) is 4. The highest BCUT2D eigenvalue weighted by molar-refractivity contribution is 6.03. The van der Waals surface area contributed by atoms with Crippen molar-refractivity contribution in [1.82, 2.24) is 4.98 Å². The molecule has 0 radical (unpaired) electrons. The Bertz CT molecular complexity index is 538. The second kappa shape index (κ2) is 4.52. The van der Waals surface area contributed by atoms with Crippen molar-refractivity contribution in [1.29, 1.82) is 0 Å². The molecular weight excluding hydrogens is 218 g/mol. The van der Waals surface area contributed by atoms with Crippen LogP contribution in [0.15, 0.2) is 42.6 Å². The van der Waals surface area contributed by atoms with Crippen LogP contribution in [0.1, 0.15) is 10.5 Å². The van der Waals surface area contributed by atoms with Crippen LogP contribution in [-0.4, -0.2) is 16.0 Å². The van der Waals surface area contributed by atoms with E-state index in [9.17, 15) is 9.90 Å². The van der Waals surface area contributed by atoms with Crippen LogP contribution in [0.5, 0.6) is 5.75 Å². The number of aromatic nitrogens is 1. The molecule has 0 saturated heterocycles. The molecule has 0 unspecified atom stereocenters. The van der Waals surface area contributed by atoms with Gasteiger partial charge in [-0.3, -0.25) is 4.79 Å². The highest BCUT2D eigenvalue weighted by Crippen LogP contribution is 2.21. The Morgan fingerprint density at radius 1 is 1.24 bits per heavy atom. The van der Waals surface area contributed by atoms with Gasteiger partial charge in [-0.2, -0.15) is 0 Å². The monoisotopic (exact) mass is 229 g/mol. The van der Waals surface area contributed by atoms with Crippen molar-refractivity contribution >= 4 is 17.3 Å². The summed E-state index contributed by atoms with van der Waals surface area (Å²) in [4.78, 5) is 15.6. The number of anilines is 2. The number of carbonyl (C=O) groups is 1. The minimum Gasteiger partial charge on any atom is -0.506 e. The number of nitrogen functional groups attached to an aromatic ring is 1. The van der Waals surface area contributed by atoms with Crippen LogP contribution in [0.2, 0.25) is 0 Å². The SMILES string of the molecule is Nc1ccc(C(=O)Nc2ccccc2O)nc1. The maximum absolute atomic E-state index is 11.8. The summed E-state index contributed by atoms with van der Waals surface area (Å²) >= 11 is 0. The molecule has 0 aliphatic rings. The molecule has 0 atom stereocenters. The second-order valence-corrected chi connectivity index (χ2v) is 3.45. The Kier molecular flexibility index (Phi) is 2.91. The molecule has 0 saturated carbocycles. The predicted molar refractivity (Wildman–Crippen MR) is 64.7 cm³/mol. The summed E-state index contributed by atoms with van der Waals surface area (Å²) in [7, 11) is 0. The maximum atomic E-state index is 11.8. The summed E-state index contributed by atoms with van der Waals surface area (Å²) in [5.74, 6) is -0.386. The quantitative estimate of drug-likeness (QED) is 0.683. The molecule has 1 aromatic heterocycles. The first-order valence-corrected chi connectivity index (χ1v) is 4.97. The molecule has 2 aromatic rings. The number of carbonyl (C=O) groups excluding carboxylic acids is 1. The molecule has 86 valence electrons. The Balaban J connectivity index is 2.17. The number of nitrogens with one attached hydrogen (secondary N) is 1. The zero-order valence-electron chi connectivity index (χ0n) is 8.92. The number of aromatic hydroxyl groups is 1. The largest absolute Gasteiger partial charge is 0.506 e. The Morgan fingerprint density at radius 3 is 2.65 bits per heavy atom. The molecule has 2 rings (SSSR count). The fourth-order valence-electron chi connectivity index (χ4n) is 1.31. The lowest BCUT2D eigenvalue weighted by Crippen LogP contribution is -2.13. The number of hydrogen-bond donors (Lipinski definition) is 3. The summed E-state index contributed by atoms with van der Waals surface area (Å²) in [6.45, 7) is 0. The van der Waals surface area contributed by atoms with Gasteiger partial charge in [0.25, 0.3) is 5.91 Å². The molecule has 17 heavy (non-hydrogen) atoms. The number of phenols is 1. The molecular formula is C12H11N3O2. The summed E-state index contributed by atoms with van der Waals surface area (Å²) in [6.07, 6.45) is 1.40. The first-order chi connectivity index (χ1) is 8.16. The van der Waals surface area contributed by atoms with Crippen LogP contribution < -0.4 is 11.1 Å². The molecule has 1 amide bonds. The molecule has 5 heteroatoms. The van der Waals surface area contributed by atoms with E-state index in [1.807, 2.05) is 0 Å². The van der Waals surface area contributed by atoms with Gasteiger partial charge in [0, 0.05) is 0 Å². The van der Waals surface area contributed by atoms with Crippen molar-refractivity contribution in [3.05, 3.63) is 48.3 Å². The van der Waals surface area contributed by atoms with Gasteiger partial charge in [-0.05, 0) is 24.3 Å². The summed E-state index contributed by atoms with van der Waals surface area (Å²) in [5.41, 5.74) is 6.54. The third-order valence-electron chi connectivity index (χ3n) is 2.17. The zero-order valence-corrected chi connectivity index (χ0v) is 8.92. The van der Waals surface area contributed by atoms with E-state index >= 15 is 0 Å². The van der Waals surface area contributed by atoms with Gasteiger partial charge < -0.3 is 16.2 Å². The van der Waals surface area contributed by atoms with E-state index in [0.29, 0.717) is 11.4 Å². The van der Waals surface area contributed by atoms with Crippen molar-refractivity contribution in [2.75, 3.05) is 11.1 Å². The van der Waals surface area contributed by atoms with Crippen LogP contribution in [-0.2, 0) is 0 Å². The average molecular weight is 229 g/mol. The van der Waals surface area contributed by atoms with E-state index in [2.05, 4.69) is 10.3 Å². The van der Waals surface area contributed by atoms with Gasteiger partial charge in [-0.25, -0.2) is 4.98 Å². The lowest BCUT2D eigenvalue weighted by molar-refractivity contribution is 0.102. The zero-order chi connectivity index (χ0) is 12.3. The highest BCUT2D eigenvalue weighted by atomic mass is 16.3. The van der Waals surface area contributed by atoms with E-state index < -0.39 is 5.91 Å². The number of nitrogens with two attached hydrogens (primary N) is 1. The number of pyridine rings is 1. The standard InChI is InChI=1S/C12H11N3O2/c13-8-5-6-10(14-7-8)12(17)15-9-3-1-2-4-11(9)16/h1-7,16H,13H2,(H,15,17). The van der Waals surface area contributed by atoms with Crippen LogP contribution in [0.4, 0.5) is 11.4 Å². The summed E-state index contributed by atoms with van der Waals surface area (Å²) in [5, 5.41) is 12.0. The first kappa shape index (κ1) is 10.9.